The van der Waals surface area contributed by atoms with Crippen LogP contribution in [0.5, 0.6) is 0 Å². The van der Waals surface area contributed by atoms with Crippen molar-refractivity contribution in [1.29, 1.82) is 5.26 Å². The Balaban J connectivity index is 2.43. The van der Waals surface area contributed by atoms with Crippen molar-refractivity contribution in [2.75, 3.05) is 11.1 Å². The number of halogens is 1. The number of nitrogens with zero attached hydrogens (tertiary/aromatic N) is 2. The van der Waals surface area contributed by atoms with Gasteiger partial charge in [-0.25, -0.2) is 4.98 Å². The predicted molar refractivity (Wildman–Crippen MR) is 75.5 cm³/mol. The number of nitrogens with one attached hydrogen (secondary N) is 1. The average molecular weight is 303 g/mol. The van der Waals surface area contributed by atoms with E-state index in [1.54, 1.807) is 12.3 Å². The van der Waals surface area contributed by atoms with Crippen molar-refractivity contribution < 1.29 is 0 Å². The summed E-state index contributed by atoms with van der Waals surface area (Å²) in [6.45, 7) is 1.91. The van der Waals surface area contributed by atoms with Crippen molar-refractivity contribution in [2.24, 2.45) is 0 Å². The van der Waals surface area contributed by atoms with Gasteiger partial charge in [0.1, 0.15) is 6.07 Å². The van der Waals surface area contributed by atoms with E-state index in [0.29, 0.717) is 22.8 Å². The zero-order chi connectivity index (χ0) is 13.1. The first-order valence-electron chi connectivity index (χ1n) is 5.29. The number of nitriles is 1. The summed E-state index contributed by atoms with van der Waals surface area (Å²) >= 11 is 3.37. The summed E-state index contributed by atoms with van der Waals surface area (Å²) in [4.78, 5) is 4.18. The van der Waals surface area contributed by atoms with Crippen LogP contribution >= 0.6 is 15.9 Å². The highest BCUT2D eigenvalue weighted by Gasteiger charge is 2.07. The van der Waals surface area contributed by atoms with E-state index in [1.807, 2.05) is 25.1 Å². The number of hydrogen-bond donors (Lipinski definition) is 2. The van der Waals surface area contributed by atoms with E-state index in [4.69, 9.17) is 11.0 Å². The number of nitrogens with two attached hydrogens (primary N) is 1. The smallest absolute Gasteiger partial charge is 0.153 e. The Morgan fingerprint density at radius 1 is 1.39 bits per heavy atom. The Morgan fingerprint density at radius 2 is 2.17 bits per heavy atom. The van der Waals surface area contributed by atoms with E-state index in [9.17, 15) is 0 Å². The van der Waals surface area contributed by atoms with Gasteiger partial charge in [0.25, 0.3) is 0 Å². The third-order valence-electron chi connectivity index (χ3n) is 2.56. The second-order valence-electron chi connectivity index (χ2n) is 3.82. The van der Waals surface area contributed by atoms with Crippen molar-refractivity contribution in [1.82, 2.24) is 4.98 Å². The van der Waals surface area contributed by atoms with Crippen LogP contribution < -0.4 is 11.1 Å². The lowest BCUT2D eigenvalue weighted by molar-refractivity contribution is 1.27. The molecule has 0 saturated carbocycles. The molecule has 0 unspecified atom stereocenters. The molecule has 0 aliphatic rings. The Hall–Kier alpha value is -2.06. The number of anilines is 3. The van der Waals surface area contributed by atoms with Gasteiger partial charge in [-0.2, -0.15) is 5.26 Å². The molecule has 0 bridgehead atoms. The molecule has 0 saturated heterocycles. The lowest BCUT2D eigenvalue weighted by Crippen LogP contribution is -2.02. The number of pyridine rings is 1. The van der Waals surface area contributed by atoms with E-state index in [2.05, 4.69) is 32.3 Å². The molecule has 1 aromatic heterocycles. The first kappa shape index (κ1) is 12.4. The third kappa shape index (κ3) is 2.44. The van der Waals surface area contributed by atoms with Crippen LogP contribution in [0.3, 0.4) is 0 Å². The number of benzene rings is 1. The average Bonchev–Trinajstić information content (AvgIpc) is 2.35. The molecule has 0 amide bonds. The van der Waals surface area contributed by atoms with Gasteiger partial charge in [-0.15, -0.1) is 0 Å². The molecule has 18 heavy (non-hydrogen) atoms. The zero-order valence-corrected chi connectivity index (χ0v) is 11.3. The van der Waals surface area contributed by atoms with E-state index in [1.165, 1.54) is 0 Å². The van der Waals surface area contributed by atoms with Gasteiger partial charge in [-0.05, 0) is 36.8 Å². The Bertz CT molecular complexity index is 631. The van der Waals surface area contributed by atoms with E-state index in [0.717, 1.165) is 10.0 Å². The fourth-order valence-electron chi connectivity index (χ4n) is 1.51. The van der Waals surface area contributed by atoms with Gasteiger partial charge in [0.05, 0.1) is 16.9 Å². The van der Waals surface area contributed by atoms with Crippen LogP contribution in [-0.2, 0) is 0 Å². The highest BCUT2D eigenvalue weighted by Crippen LogP contribution is 2.27. The number of hydrogen-bond acceptors (Lipinski definition) is 4. The summed E-state index contributed by atoms with van der Waals surface area (Å²) < 4.78 is 0.884. The molecule has 2 rings (SSSR count). The maximum absolute atomic E-state index is 9.05. The zero-order valence-electron chi connectivity index (χ0n) is 9.74. The monoisotopic (exact) mass is 302 g/mol. The van der Waals surface area contributed by atoms with E-state index >= 15 is 0 Å². The Labute approximate surface area is 114 Å². The summed E-state index contributed by atoms with van der Waals surface area (Å²) in [5.41, 5.74) is 8.69. The highest BCUT2D eigenvalue weighted by molar-refractivity contribution is 9.10. The molecule has 0 aliphatic heterocycles. The number of nitrogen functional groups attached to an aromatic ring is 1. The summed E-state index contributed by atoms with van der Waals surface area (Å²) in [6, 6.07) is 9.34. The predicted octanol–water partition coefficient (Wildman–Crippen LogP) is 3.35. The molecule has 3 N–H and O–H groups in total. The quantitative estimate of drug-likeness (QED) is 0.892. The second kappa shape index (κ2) is 5.07. The maximum atomic E-state index is 9.05. The van der Waals surface area contributed by atoms with Crippen LogP contribution in [-0.4, -0.2) is 4.98 Å². The van der Waals surface area contributed by atoms with Crippen LogP contribution in [0, 0.1) is 18.3 Å². The molecule has 0 radical (unpaired) electrons. The summed E-state index contributed by atoms with van der Waals surface area (Å²) in [5.74, 6) is 0.560. The number of aromatic nitrogens is 1. The molecule has 1 heterocycles. The minimum atomic E-state index is 0.543. The van der Waals surface area contributed by atoms with E-state index in [-0.39, 0.29) is 0 Å². The molecule has 1 aromatic carbocycles. The fraction of sp³-hybridized carbons (Fsp3) is 0.0769. The molecule has 0 atom stereocenters. The first-order valence-corrected chi connectivity index (χ1v) is 6.09. The van der Waals surface area contributed by atoms with Crippen molar-refractivity contribution in [3.63, 3.8) is 0 Å². The highest BCUT2D eigenvalue weighted by atomic mass is 79.9. The molecule has 0 fully saturated rings. The van der Waals surface area contributed by atoms with Gasteiger partial charge in [0.2, 0.25) is 0 Å². The van der Waals surface area contributed by atoms with Gasteiger partial charge < -0.3 is 11.1 Å². The molecular formula is C13H11BrN4. The third-order valence-corrected chi connectivity index (χ3v) is 3.06. The summed E-state index contributed by atoms with van der Waals surface area (Å²) in [6.07, 6.45) is 1.68. The van der Waals surface area contributed by atoms with Crippen LogP contribution in [0.15, 0.2) is 34.9 Å². The van der Waals surface area contributed by atoms with Gasteiger partial charge in [0, 0.05) is 10.7 Å². The largest absolute Gasteiger partial charge is 0.396 e. The minimum Gasteiger partial charge on any atom is -0.396 e. The van der Waals surface area contributed by atoms with Gasteiger partial charge in [-0.1, -0.05) is 15.9 Å². The minimum absolute atomic E-state index is 0.543. The fourth-order valence-corrected chi connectivity index (χ4v) is 1.88. The van der Waals surface area contributed by atoms with Crippen molar-refractivity contribution >= 4 is 33.1 Å². The molecule has 5 heteroatoms. The topological polar surface area (TPSA) is 74.7 Å². The number of aryl methyl sites for hydroxylation is 1. The van der Waals surface area contributed by atoms with Crippen LogP contribution in [0.25, 0.3) is 0 Å². The summed E-state index contributed by atoms with van der Waals surface area (Å²) in [5, 5.41) is 12.1. The molecule has 2 aromatic rings. The molecular weight excluding hydrogens is 292 g/mol. The maximum Gasteiger partial charge on any atom is 0.153 e. The van der Waals surface area contributed by atoms with Gasteiger partial charge >= 0.3 is 0 Å². The lowest BCUT2D eigenvalue weighted by Gasteiger charge is -2.11. The van der Waals surface area contributed by atoms with E-state index < -0.39 is 0 Å². The van der Waals surface area contributed by atoms with Gasteiger partial charge in [-0.3, -0.25) is 0 Å². The SMILES string of the molecule is Cc1ccnc(Nc2cc(Br)ccc2C#N)c1N. The standard InChI is InChI=1S/C13H11BrN4/c1-8-4-5-17-13(12(8)16)18-11-6-10(14)3-2-9(11)7-15/h2-6H,16H2,1H3,(H,17,18). The molecule has 0 aliphatic carbocycles. The lowest BCUT2D eigenvalue weighted by atomic mass is 10.2. The van der Waals surface area contributed by atoms with Crippen molar-refractivity contribution in [2.45, 2.75) is 6.92 Å². The summed E-state index contributed by atoms with van der Waals surface area (Å²) in [7, 11) is 0. The Morgan fingerprint density at radius 3 is 2.89 bits per heavy atom. The van der Waals surface area contributed by atoms with Crippen LogP contribution in [0.1, 0.15) is 11.1 Å². The van der Waals surface area contributed by atoms with Crippen LogP contribution in [0.4, 0.5) is 17.2 Å². The molecule has 4 nitrogen and oxygen atoms in total. The van der Waals surface area contributed by atoms with Crippen LogP contribution in [0.2, 0.25) is 0 Å². The first-order chi connectivity index (χ1) is 8.61. The Kier molecular flexibility index (Phi) is 3.49. The number of rotatable bonds is 2. The molecule has 0 spiro atoms. The molecule has 90 valence electrons. The van der Waals surface area contributed by atoms with Gasteiger partial charge in [0.15, 0.2) is 5.82 Å². The second-order valence-corrected chi connectivity index (χ2v) is 4.73. The van der Waals surface area contributed by atoms with Crippen molar-refractivity contribution in [3.8, 4) is 6.07 Å². The normalized spacial score (nSPS) is 9.83. The van der Waals surface area contributed by atoms with Crippen molar-refractivity contribution in [3.05, 3.63) is 46.1 Å².